The minimum Gasteiger partial charge on any atom is -0.463 e. The van der Waals surface area contributed by atoms with Crippen molar-refractivity contribution < 1.29 is 27.5 Å². The number of hydrogen-bond acceptors (Lipinski definition) is 6. The molecule has 1 aliphatic rings. The molecule has 32 heavy (non-hydrogen) atoms. The molecule has 9 heteroatoms. The second-order valence-electron chi connectivity index (χ2n) is 8.64. The van der Waals surface area contributed by atoms with E-state index in [2.05, 4.69) is 5.32 Å². The first-order chi connectivity index (χ1) is 15.0. The predicted molar refractivity (Wildman–Crippen MR) is 122 cm³/mol. The molecule has 0 aliphatic carbocycles. The quantitative estimate of drug-likeness (QED) is 0.485. The maximum atomic E-state index is 13.1. The lowest BCUT2D eigenvalue weighted by Gasteiger charge is -2.32. The lowest BCUT2D eigenvalue weighted by Crippen LogP contribution is -2.47. The number of benzene rings is 1. The van der Waals surface area contributed by atoms with Gasteiger partial charge in [0.05, 0.1) is 11.5 Å². The monoisotopic (exact) mass is 466 g/mol. The summed E-state index contributed by atoms with van der Waals surface area (Å²) in [6, 6.07) is 6.39. The summed E-state index contributed by atoms with van der Waals surface area (Å²) in [6.07, 6.45) is 2.65. The number of rotatable bonds is 7. The van der Waals surface area contributed by atoms with Gasteiger partial charge >= 0.3 is 12.1 Å². The average Bonchev–Trinajstić information content (AvgIpc) is 2.71. The van der Waals surface area contributed by atoms with Gasteiger partial charge in [0.15, 0.2) is 0 Å². The topological polar surface area (TPSA) is 102 Å². The summed E-state index contributed by atoms with van der Waals surface area (Å²) < 4.78 is 38.0. The minimum absolute atomic E-state index is 0.137. The SMILES string of the molecule is CCOC(=O)/C(=C/c1cccc(S(=O)(=O)N2CCC(NC(=O)OC(C)(C)C)CC2)c1)CC. The zero-order chi connectivity index (χ0) is 23.9. The van der Waals surface area contributed by atoms with Crippen molar-refractivity contribution in [3.8, 4) is 0 Å². The van der Waals surface area contributed by atoms with Crippen LogP contribution in [0.5, 0.6) is 0 Å². The zero-order valence-corrected chi connectivity index (χ0v) is 20.3. The van der Waals surface area contributed by atoms with Gasteiger partial charge in [-0.25, -0.2) is 18.0 Å². The van der Waals surface area contributed by atoms with Crippen LogP contribution in [0.25, 0.3) is 6.08 Å². The molecule has 8 nitrogen and oxygen atoms in total. The van der Waals surface area contributed by atoms with Gasteiger partial charge in [-0.3, -0.25) is 0 Å². The number of esters is 1. The van der Waals surface area contributed by atoms with E-state index in [0.717, 1.165) is 0 Å². The molecule has 1 amide bonds. The fraction of sp³-hybridized carbons (Fsp3) is 0.565. The fourth-order valence-electron chi connectivity index (χ4n) is 3.36. The molecule has 0 radical (unpaired) electrons. The smallest absolute Gasteiger partial charge is 0.407 e. The van der Waals surface area contributed by atoms with Crippen LogP contribution in [-0.4, -0.2) is 56.1 Å². The summed E-state index contributed by atoms with van der Waals surface area (Å²) in [6.45, 7) is 9.84. The summed E-state index contributed by atoms with van der Waals surface area (Å²) in [5.41, 5.74) is 0.520. The van der Waals surface area contributed by atoms with Crippen LogP contribution in [0.4, 0.5) is 4.79 Å². The van der Waals surface area contributed by atoms with Crippen molar-refractivity contribution in [1.29, 1.82) is 0 Å². The first-order valence-corrected chi connectivity index (χ1v) is 12.4. The van der Waals surface area contributed by atoms with Crippen LogP contribution in [0.3, 0.4) is 0 Å². The number of amides is 1. The highest BCUT2D eigenvalue weighted by molar-refractivity contribution is 7.89. The Balaban J connectivity index is 2.08. The maximum Gasteiger partial charge on any atom is 0.407 e. The molecule has 0 aromatic heterocycles. The largest absolute Gasteiger partial charge is 0.463 e. The number of carbonyl (C=O) groups is 2. The number of ether oxygens (including phenoxy) is 2. The molecule has 0 unspecified atom stereocenters. The molecular formula is C23H34N2O6S. The molecule has 1 heterocycles. The van der Waals surface area contributed by atoms with Crippen molar-refractivity contribution in [2.75, 3.05) is 19.7 Å². The summed E-state index contributed by atoms with van der Waals surface area (Å²) in [4.78, 5) is 24.2. The highest BCUT2D eigenvalue weighted by Crippen LogP contribution is 2.23. The second kappa shape index (κ2) is 11.0. The zero-order valence-electron chi connectivity index (χ0n) is 19.5. The minimum atomic E-state index is -3.69. The van der Waals surface area contributed by atoms with Crippen LogP contribution in [0.1, 0.15) is 59.4 Å². The van der Waals surface area contributed by atoms with E-state index in [1.807, 2.05) is 6.92 Å². The van der Waals surface area contributed by atoms with Crippen LogP contribution < -0.4 is 5.32 Å². The molecule has 0 bridgehead atoms. The first kappa shape index (κ1) is 25.9. The van der Waals surface area contributed by atoms with E-state index < -0.39 is 27.7 Å². The van der Waals surface area contributed by atoms with Gasteiger partial charge in [0.25, 0.3) is 0 Å². The van der Waals surface area contributed by atoms with Gasteiger partial charge in [0.2, 0.25) is 10.0 Å². The van der Waals surface area contributed by atoms with E-state index >= 15 is 0 Å². The maximum absolute atomic E-state index is 13.1. The van der Waals surface area contributed by atoms with Crippen LogP contribution in [0, 0.1) is 0 Å². The number of hydrogen-bond donors (Lipinski definition) is 1. The van der Waals surface area contributed by atoms with E-state index in [1.54, 1.807) is 58.0 Å². The number of alkyl carbamates (subject to hydrolysis) is 1. The lowest BCUT2D eigenvalue weighted by molar-refractivity contribution is -0.138. The summed E-state index contributed by atoms with van der Waals surface area (Å²) >= 11 is 0. The third kappa shape index (κ3) is 7.34. The number of nitrogens with zero attached hydrogens (tertiary/aromatic N) is 1. The Morgan fingerprint density at radius 3 is 2.41 bits per heavy atom. The molecule has 2 rings (SSSR count). The Morgan fingerprint density at radius 1 is 1.19 bits per heavy atom. The van der Waals surface area contributed by atoms with E-state index in [1.165, 1.54) is 4.31 Å². The Bertz CT molecular complexity index is 941. The van der Waals surface area contributed by atoms with E-state index in [-0.39, 0.29) is 17.5 Å². The standard InChI is InChI=1S/C23H34N2O6S/c1-6-18(21(26)30-7-2)15-17-9-8-10-20(16-17)32(28,29)25-13-11-19(12-14-25)24-22(27)31-23(3,4)5/h8-10,15-16,19H,6-7,11-14H2,1-5H3,(H,24,27)/b18-15+. The molecular weight excluding hydrogens is 432 g/mol. The van der Waals surface area contributed by atoms with Crippen LogP contribution >= 0.6 is 0 Å². The highest BCUT2D eigenvalue weighted by Gasteiger charge is 2.30. The fourth-order valence-corrected chi connectivity index (χ4v) is 4.88. The van der Waals surface area contributed by atoms with Crippen LogP contribution in [0.2, 0.25) is 0 Å². The number of sulfonamides is 1. The third-order valence-electron chi connectivity index (χ3n) is 4.93. The van der Waals surface area contributed by atoms with Crippen molar-refractivity contribution in [2.45, 2.75) is 70.4 Å². The van der Waals surface area contributed by atoms with Gasteiger partial charge < -0.3 is 14.8 Å². The Morgan fingerprint density at radius 2 is 1.84 bits per heavy atom. The molecule has 1 N–H and O–H groups in total. The van der Waals surface area contributed by atoms with Crippen molar-refractivity contribution in [3.05, 3.63) is 35.4 Å². The summed E-state index contributed by atoms with van der Waals surface area (Å²) in [5.74, 6) is -0.400. The van der Waals surface area contributed by atoms with Gasteiger partial charge in [0.1, 0.15) is 5.60 Å². The lowest BCUT2D eigenvalue weighted by atomic mass is 10.1. The molecule has 1 aliphatic heterocycles. The van der Waals surface area contributed by atoms with Gasteiger partial charge in [0, 0.05) is 24.7 Å². The Labute approximate surface area is 191 Å². The van der Waals surface area contributed by atoms with Crippen molar-refractivity contribution in [1.82, 2.24) is 9.62 Å². The predicted octanol–water partition coefficient (Wildman–Crippen LogP) is 3.72. The van der Waals surface area contributed by atoms with Crippen molar-refractivity contribution in [2.24, 2.45) is 0 Å². The molecule has 0 saturated carbocycles. The highest BCUT2D eigenvalue weighted by atomic mass is 32.2. The van der Waals surface area contributed by atoms with Crippen molar-refractivity contribution >= 4 is 28.2 Å². The number of nitrogens with one attached hydrogen (secondary N) is 1. The molecule has 1 saturated heterocycles. The number of carbonyl (C=O) groups excluding carboxylic acids is 2. The van der Waals surface area contributed by atoms with Crippen LogP contribution in [-0.2, 0) is 24.3 Å². The summed E-state index contributed by atoms with van der Waals surface area (Å²) in [5, 5.41) is 2.81. The number of piperidine rings is 1. The van der Waals surface area contributed by atoms with E-state index in [0.29, 0.717) is 43.5 Å². The molecule has 0 spiro atoms. The van der Waals surface area contributed by atoms with Gasteiger partial charge in [-0.1, -0.05) is 19.1 Å². The van der Waals surface area contributed by atoms with Crippen molar-refractivity contribution in [3.63, 3.8) is 0 Å². The normalized spacial score (nSPS) is 16.5. The molecule has 0 atom stereocenters. The average molecular weight is 467 g/mol. The molecule has 178 valence electrons. The molecule has 1 fully saturated rings. The Hall–Kier alpha value is -2.39. The van der Waals surface area contributed by atoms with E-state index in [4.69, 9.17) is 9.47 Å². The third-order valence-corrected chi connectivity index (χ3v) is 6.82. The van der Waals surface area contributed by atoms with Gasteiger partial charge in [-0.15, -0.1) is 0 Å². The van der Waals surface area contributed by atoms with E-state index in [9.17, 15) is 18.0 Å². The van der Waals surface area contributed by atoms with Gasteiger partial charge in [-0.2, -0.15) is 4.31 Å². The molecule has 1 aromatic carbocycles. The Kier molecular flexibility index (Phi) is 8.86. The van der Waals surface area contributed by atoms with Gasteiger partial charge in [-0.05, 0) is 70.7 Å². The van der Waals surface area contributed by atoms with Crippen LogP contribution in [0.15, 0.2) is 34.7 Å². The first-order valence-electron chi connectivity index (χ1n) is 10.9. The second-order valence-corrected chi connectivity index (χ2v) is 10.6. The molecule has 1 aromatic rings. The summed E-state index contributed by atoms with van der Waals surface area (Å²) in [7, 11) is -3.69.